The van der Waals surface area contributed by atoms with Crippen LogP contribution in [0.4, 0.5) is 5.82 Å². The number of nitrogens with one attached hydrogen (secondary N) is 1. The summed E-state index contributed by atoms with van der Waals surface area (Å²) in [6.07, 6.45) is 1.83. The standard InChI is InChI=1S/C19H16N4O2S/c1-13-17(21-19(25-13)15-8-5-11-26-15)18(24)20-16-9-10-23(22-16)12-14-6-3-2-4-7-14/h2-11H,12H2,1H3,(H,20,22,24). The van der Waals surface area contributed by atoms with Crippen LogP contribution in [0.15, 0.2) is 64.5 Å². The number of benzene rings is 1. The lowest BCUT2D eigenvalue weighted by atomic mass is 10.2. The Balaban J connectivity index is 1.47. The normalized spacial score (nSPS) is 10.8. The largest absolute Gasteiger partial charge is 0.440 e. The zero-order valence-electron chi connectivity index (χ0n) is 14.0. The zero-order valence-corrected chi connectivity index (χ0v) is 14.9. The van der Waals surface area contributed by atoms with Crippen LogP contribution in [-0.4, -0.2) is 20.7 Å². The molecule has 3 aromatic heterocycles. The summed E-state index contributed by atoms with van der Waals surface area (Å²) in [4.78, 5) is 17.7. The molecule has 4 aromatic rings. The SMILES string of the molecule is Cc1oc(-c2cccs2)nc1C(=O)Nc1ccn(Cc2ccccc2)n1. The van der Waals surface area contributed by atoms with Crippen molar-refractivity contribution in [3.63, 3.8) is 0 Å². The van der Waals surface area contributed by atoms with E-state index in [2.05, 4.69) is 15.4 Å². The van der Waals surface area contributed by atoms with Gasteiger partial charge in [0.2, 0.25) is 5.89 Å². The van der Waals surface area contributed by atoms with Gasteiger partial charge in [-0.1, -0.05) is 36.4 Å². The molecule has 0 fully saturated rings. The highest BCUT2D eigenvalue weighted by Gasteiger charge is 2.19. The number of hydrogen-bond acceptors (Lipinski definition) is 5. The number of amides is 1. The van der Waals surface area contributed by atoms with E-state index in [9.17, 15) is 4.79 Å². The lowest BCUT2D eigenvalue weighted by molar-refractivity contribution is 0.102. The van der Waals surface area contributed by atoms with Crippen molar-refractivity contribution in [2.45, 2.75) is 13.5 Å². The van der Waals surface area contributed by atoms with Crippen LogP contribution in [0.3, 0.4) is 0 Å². The molecule has 0 aliphatic heterocycles. The number of aromatic nitrogens is 3. The minimum absolute atomic E-state index is 0.269. The van der Waals surface area contributed by atoms with E-state index in [0.717, 1.165) is 10.4 Å². The number of rotatable bonds is 5. The fraction of sp³-hybridized carbons (Fsp3) is 0.105. The summed E-state index contributed by atoms with van der Waals surface area (Å²) in [6, 6.07) is 15.6. The van der Waals surface area contributed by atoms with Crippen LogP contribution in [0, 0.1) is 6.92 Å². The molecule has 0 aliphatic rings. The van der Waals surface area contributed by atoms with Gasteiger partial charge in [-0.2, -0.15) is 5.10 Å². The molecule has 3 heterocycles. The van der Waals surface area contributed by atoms with Gasteiger partial charge in [-0.15, -0.1) is 11.3 Å². The van der Waals surface area contributed by atoms with Crippen LogP contribution in [0.5, 0.6) is 0 Å². The molecule has 0 atom stereocenters. The first-order chi connectivity index (χ1) is 12.7. The van der Waals surface area contributed by atoms with Crippen LogP contribution in [0.2, 0.25) is 0 Å². The summed E-state index contributed by atoms with van der Waals surface area (Å²) in [7, 11) is 0. The minimum Gasteiger partial charge on any atom is -0.440 e. The van der Waals surface area contributed by atoms with Gasteiger partial charge in [0.05, 0.1) is 11.4 Å². The highest BCUT2D eigenvalue weighted by atomic mass is 32.1. The van der Waals surface area contributed by atoms with Gasteiger partial charge in [0, 0.05) is 12.3 Å². The topological polar surface area (TPSA) is 73.0 Å². The fourth-order valence-corrected chi connectivity index (χ4v) is 3.22. The van der Waals surface area contributed by atoms with Crippen molar-refractivity contribution in [2.75, 3.05) is 5.32 Å². The van der Waals surface area contributed by atoms with Crippen LogP contribution in [0.25, 0.3) is 10.8 Å². The van der Waals surface area contributed by atoms with E-state index in [1.165, 1.54) is 11.3 Å². The Morgan fingerprint density at radius 2 is 2.04 bits per heavy atom. The zero-order chi connectivity index (χ0) is 17.9. The molecule has 1 amide bonds. The average molecular weight is 364 g/mol. The molecule has 0 unspecified atom stereocenters. The number of carbonyl (C=O) groups excluding carboxylic acids is 1. The van der Waals surface area contributed by atoms with Gasteiger partial charge in [0.15, 0.2) is 11.5 Å². The maximum atomic E-state index is 12.5. The van der Waals surface area contributed by atoms with Gasteiger partial charge in [-0.3, -0.25) is 9.48 Å². The predicted octanol–water partition coefficient (Wildman–Crippen LogP) is 4.21. The predicted molar refractivity (Wildman–Crippen MR) is 100 cm³/mol. The third kappa shape index (κ3) is 3.43. The van der Waals surface area contributed by atoms with Crippen LogP contribution < -0.4 is 5.32 Å². The maximum absolute atomic E-state index is 12.5. The number of aryl methyl sites for hydroxylation is 1. The summed E-state index contributed by atoms with van der Waals surface area (Å²) in [6.45, 7) is 2.37. The van der Waals surface area contributed by atoms with Gasteiger partial charge < -0.3 is 9.73 Å². The maximum Gasteiger partial charge on any atom is 0.279 e. The van der Waals surface area contributed by atoms with Gasteiger partial charge in [-0.05, 0) is 23.9 Å². The molecule has 7 heteroatoms. The van der Waals surface area contributed by atoms with Crippen LogP contribution in [-0.2, 0) is 6.54 Å². The Bertz CT molecular complexity index is 1020. The van der Waals surface area contributed by atoms with Crippen LogP contribution >= 0.6 is 11.3 Å². The first-order valence-electron chi connectivity index (χ1n) is 8.09. The monoisotopic (exact) mass is 364 g/mol. The lowest BCUT2D eigenvalue weighted by Crippen LogP contribution is -2.14. The number of thiophene rings is 1. The Labute approximate surface area is 154 Å². The lowest BCUT2D eigenvalue weighted by Gasteiger charge is -2.02. The van der Waals surface area contributed by atoms with E-state index >= 15 is 0 Å². The second kappa shape index (κ2) is 6.97. The third-order valence-corrected chi connectivity index (χ3v) is 4.67. The first kappa shape index (κ1) is 16.3. The van der Waals surface area contributed by atoms with E-state index in [1.807, 2.05) is 54.0 Å². The summed E-state index contributed by atoms with van der Waals surface area (Å²) in [5.41, 5.74) is 1.41. The fourth-order valence-electron chi connectivity index (χ4n) is 2.58. The van der Waals surface area contributed by atoms with Gasteiger partial charge in [0.1, 0.15) is 5.76 Å². The number of nitrogens with zero attached hydrogens (tertiary/aromatic N) is 3. The molecular weight excluding hydrogens is 348 g/mol. The van der Waals surface area contributed by atoms with E-state index in [1.54, 1.807) is 17.7 Å². The number of oxazole rings is 1. The third-order valence-electron chi connectivity index (χ3n) is 3.81. The Hall–Kier alpha value is -3.19. The van der Waals surface area contributed by atoms with Crippen molar-refractivity contribution in [3.05, 3.63) is 77.1 Å². The summed E-state index contributed by atoms with van der Waals surface area (Å²) >= 11 is 1.51. The highest BCUT2D eigenvalue weighted by Crippen LogP contribution is 2.26. The molecule has 0 saturated heterocycles. The van der Waals surface area contributed by atoms with E-state index < -0.39 is 0 Å². The minimum atomic E-state index is -0.334. The molecule has 26 heavy (non-hydrogen) atoms. The molecule has 130 valence electrons. The number of carbonyl (C=O) groups is 1. The summed E-state index contributed by atoms with van der Waals surface area (Å²) < 4.78 is 7.39. The molecule has 0 radical (unpaired) electrons. The smallest absolute Gasteiger partial charge is 0.279 e. The summed E-state index contributed by atoms with van der Waals surface area (Å²) in [5, 5.41) is 9.10. The molecule has 4 rings (SSSR count). The highest BCUT2D eigenvalue weighted by molar-refractivity contribution is 7.13. The quantitative estimate of drug-likeness (QED) is 0.576. The molecule has 1 aromatic carbocycles. The van der Waals surface area contributed by atoms with Crippen molar-refractivity contribution in [2.24, 2.45) is 0 Å². The van der Waals surface area contributed by atoms with Gasteiger partial charge in [-0.25, -0.2) is 4.98 Å². The van der Waals surface area contributed by atoms with Crippen molar-refractivity contribution in [3.8, 4) is 10.8 Å². The van der Waals surface area contributed by atoms with Gasteiger partial charge >= 0.3 is 0 Å². The molecular formula is C19H16N4O2S. The van der Waals surface area contributed by atoms with Crippen molar-refractivity contribution >= 4 is 23.1 Å². The van der Waals surface area contributed by atoms with E-state index in [4.69, 9.17) is 4.42 Å². The van der Waals surface area contributed by atoms with E-state index in [0.29, 0.717) is 24.0 Å². The molecule has 6 nitrogen and oxygen atoms in total. The number of anilines is 1. The first-order valence-corrected chi connectivity index (χ1v) is 8.97. The second-order valence-electron chi connectivity index (χ2n) is 5.74. The van der Waals surface area contributed by atoms with E-state index in [-0.39, 0.29) is 11.6 Å². The molecule has 0 aliphatic carbocycles. The molecule has 1 N–H and O–H groups in total. The van der Waals surface area contributed by atoms with Crippen LogP contribution in [0.1, 0.15) is 21.8 Å². The Morgan fingerprint density at radius 1 is 1.19 bits per heavy atom. The second-order valence-corrected chi connectivity index (χ2v) is 6.69. The Morgan fingerprint density at radius 3 is 2.81 bits per heavy atom. The van der Waals surface area contributed by atoms with Gasteiger partial charge in [0.25, 0.3) is 5.91 Å². The van der Waals surface area contributed by atoms with Crippen molar-refractivity contribution in [1.82, 2.24) is 14.8 Å². The molecule has 0 saturated carbocycles. The average Bonchev–Trinajstić information content (AvgIpc) is 3.37. The molecule has 0 spiro atoms. The number of hydrogen-bond donors (Lipinski definition) is 1. The molecule has 0 bridgehead atoms. The van der Waals surface area contributed by atoms with Crippen molar-refractivity contribution < 1.29 is 9.21 Å². The summed E-state index contributed by atoms with van der Waals surface area (Å²) in [5.74, 6) is 1.08. The van der Waals surface area contributed by atoms with Crippen molar-refractivity contribution in [1.29, 1.82) is 0 Å². The Kier molecular flexibility index (Phi) is 4.37.